The van der Waals surface area contributed by atoms with Crippen LogP contribution in [0.2, 0.25) is 0 Å². The average molecular weight is 315 g/mol. The van der Waals surface area contributed by atoms with Gasteiger partial charge in [-0.2, -0.15) is 0 Å². The van der Waals surface area contributed by atoms with Gasteiger partial charge in [-0.25, -0.2) is 0 Å². The number of ether oxygens (including phenoxy) is 1. The van der Waals surface area contributed by atoms with Gasteiger partial charge in [0.05, 0.1) is 29.2 Å². The third kappa shape index (κ3) is 1.75. The van der Waals surface area contributed by atoms with Crippen LogP contribution in [0.3, 0.4) is 0 Å². The first-order valence-electron chi connectivity index (χ1n) is 7.07. The molecular weight excluding hydrogens is 304 g/mol. The fourth-order valence-corrected chi connectivity index (χ4v) is 3.76. The Labute approximate surface area is 130 Å². The number of amides is 1. The number of carboxylic acids is 1. The molecule has 4 atom stereocenters. The van der Waals surface area contributed by atoms with Crippen LogP contribution in [0.1, 0.15) is 0 Å². The minimum atomic E-state index is -1.32. The smallest absolute Gasteiger partial charge is 0.271 e. The Balaban J connectivity index is 1.73. The number of hydrogen-bond acceptors (Lipinski definition) is 6. The van der Waals surface area contributed by atoms with E-state index in [0.29, 0.717) is 5.69 Å². The number of anilines is 1. The molecule has 2 bridgehead atoms. The van der Waals surface area contributed by atoms with Gasteiger partial charge in [0.2, 0.25) is 5.91 Å². The lowest BCUT2D eigenvalue weighted by Gasteiger charge is -2.24. The van der Waals surface area contributed by atoms with Crippen LogP contribution >= 0.6 is 0 Å². The van der Waals surface area contributed by atoms with Gasteiger partial charge in [0.15, 0.2) is 0 Å². The maximum Gasteiger partial charge on any atom is 0.271 e. The van der Waals surface area contributed by atoms with E-state index in [9.17, 15) is 24.8 Å². The summed E-state index contributed by atoms with van der Waals surface area (Å²) in [6.07, 6.45) is 2.71. The van der Waals surface area contributed by atoms with Crippen LogP contribution in [-0.2, 0) is 14.3 Å². The molecule has 118 valence electrons. The molecule has 1 spiro atoms. The quantitative estimate of drug-likeness (QED) is 0.427. The molecule has 0 aromatic heterocycles. The molecule has 1 amide bonds. The van der Waals surface area contributed by atoms with Crippen molar-refractivity contribution in [1.82, 2.24) is 0 Å². The molecule has 0 aliphatic carbocycles. The van der Waals surface area contributed by atoms with E-state index in [1.807, 2.05) is 0 Å². The van der Waals surface area contributed by atoms with Crippen LogP contribution < -0.4 is 10.0 Å². The molecular formula is C15H11N2O6-. The molecule has 4 rings (SSSR count). The number of carbonyl (C=O) groups excluding carboxylic acids is 2. The molecule has 3 aliphatic rings. The number of aliphatic carboxylic acids is 1. The Bertz CT molecular complexity index is 775. The number of nitro groups is 1. The van der Waals surface area contributed by atoms with Crippen molar-refractivity contribution in [1.29, 1.82) is 0 Å². The SMILES string of the molecule is O=C([O-])[C@H]1[C@@H]2C=C[C@@]3(CN(c4cccc([N+](=O)[O-])c4)C(=O)[C@@H]13)O2. The molecule has 8 nitrogen and oxygen atoms in total. The van der Waals surface area contributed by atoms with E-state index in [0.717, 1.165) is 0 Å². The van der Waals surface area contributed by atoms with Crippen molar-refractivity contribution in [2.75, 3.05) is 11.4 Å². The lowest BCUT2D eigenvalue weighted by Crippen LogP contribution is -2.45. The molecule has 1 aromatic carbocycles. The molecule has 2 saturated heterocycles. The second kappa shape index (κ2) is 4.39. The Morgan fingerprint density at radius 3 is 2.91 bits per heavy atom. The summed E-state index contributed by atoms with van der Waals surface area (Å²) in [6, 6.07) is 5.68. The van der Waals surface area contributed by atoms with Crippen molar-refractivity contribution in [3.8, 4) is 0 Å². The van der Waals surface area contributed by atoms with Gasteiger partial charge in [0, 0.05) is 24.0 Å². The number of benzene rings is 1. The Kier molecular flexibility index (Phi) is 2.65. The van der Waals surface area contributed by atoms with Crippen molar-refractivity contribution < 1.29 is 24.4 Å². The van der Waals surface area contributed by atoms with E-state index < -0.39 is 40.3 Å². The number of nitro benzene ring substituents is 1. The number of fused-ring (bicyclic) bond motifs is 1. The van der Waals surface area contributed by atoms with E-state index in [1.54, 1.807) is 18.2 Å². The van der Waals surface area contributed by atoms with Gasteiger partial charge >= 0.3 is 0 Å². The summed E-state index contributed by atoms with van der Waals surface area (Å²) in [7, 11) is 0. The standard InChI is InChI=1S/C15H12N2O6/c18-13-12-11(14(19)20)10-4-5-15(12,23-10)7-16(13)8-2-1-3-9(6-8)17(21)22/h1-6,10-12H,7H2,(H,19,20)/p-1/t10-,11-,12+,15-/m0/s1. The second-order valence-electron chi connectivity index (χ2n) is 5.92. The molecule has 0 saturated carbocycles. The number of carboxylic acid groups (broad SMARTS) is 1. The van der Waals surface area contributed by atoms with Crippen LogP contribution in [0.4, 0.5) is 11.4 Å². The van der Waals surface area contributed by atoms with Crippen LogP contribution in [0.5, 0.6) is 0 Å². The lowest BCUT2D eigenvalue weighted by atomic mass is 9.77. The maximum atomic E-state index is 12.7. The van der Waals surface area contributed by atoms with Crippen molar-refractivity contribution in [3.63, 3.8) is 0 Å². The van der Waals surface area contributed by atoms with Gasteiger partial charge in [-0.05, 0) is 6.07 Å². The summed E-state index contributed by atoms with van der Waals surface area (Å²) < 4.78 is 5.73. The van der Waals surface area contributed by atoms with E-state index in [1.165, 1.54) is 23.1 Å². The van der Waals surface area contributed by atoms with Crippen LogP contribution in [-0.4, -0.2) is 35.0 Å². The van der Waals surface area contributed by atoms with Gasteiger partial charge in [-0.15, -0.1) is 0 Å². The van der Waals surface area contributed by atoms with Gasteiger partial charge in [-0.3, -0.25) is 14.9 Å². The van der Waals surface area contributed by atoms with Crippen molar-refractivity contribution in [2.45, 2.75) is 11.7 Å². The van der Waals surface area contributed by atoms with E-state index >= 15 is 0 Å². The van der Waals surface area contributed by atoms with Crippen molar-refractivity contribution >= 4 is 23.3 Å². The first-order chi connectivity index (χ1) is 10.9. The summed E-state index contributed by atoms with van der Waals surface area (Å²) in [4.78, 5) is 35.8. The average Bonchev–Trinajstić information content (AvgIpc) is 3.15. The van der Waals surface area contributed by atoms with Crippen LogP contribution in [0, 0.1) is 22.0 Å². The van der Waals surface area contributed by atoms with Gasteiger partial charge in [0.1, 0.15) is 5.60 Å². The zero-order chi connectivity index (χ0) is 16.4. The summed E-state index contributed by atoms with van der Waals surface area (Å²) in [6.45, 7) is 0.133. The van der Waals surface area contributed by atoms with E-state index in [4.69, 9.17) is 4.74 Å². The zero-order valence-corrected chi connectivity index (χ0v) is 11.7. The molecule has 2 fully saturated rings. The molecule has 1 aromatic rings. The normalized spacial score (nSPS) is 34.0. The summed E-state index contributed by atoms with van der Waals surface area (Å²) >= 11 is 0. The number of hydrogen-bond donors (Lipinski definition) is 0. The number of rotatable bonds is 3. The van der Waals surface area contributed by atoms with E-state index in [-0.39, 0.29) is 12.2 Å². The molecule has 0 N–H and O–H groups in total. The molecule has 8 heteroatoms. The van der Waals surface area contributed by atoms with Crippen LogP contribution in [0.25, 0.3) is 0 Å². The Hall–Kier alpha value is -2.74. The first kappa shape index (κ1) is 13.9. The predicted molar refractivity (Wildman–Crippen MR) is 74.2 cm³/mol. The van der Waals surface area contributed by atoms with Crippen molar-refractivity contribution in [3.05, 3.63) is 46.5 Å². The Morgan fingerprint density at radius 2 is 2.22 bits per heavy atom. The summed E-state index contributed by atoms with van der Waals surface area (Å²) in [5, 5.41) is 22.3. The fraction of sp³-hybridized carbons (Fsp3) is 0.333. The molecule has 23 heavy (non-hydrogen) atoms. The highest BCUT2D eigenvalue weighted by Gasteiger charge is 2.65. The number of nitrogens with zero attached hydrogens (tertiary/aromatic N) is 2. The van der Waals surface area contributed by atoms with Gasteiger partial charge in [-0.1, -0.05) is 18.2 Å². The predicted octanol–water partition coefficient (Wildman–Crippen LogP) is -0.369. The third-order valence-electron chi connectivity index (χ3n) is 4.72. The monoisotopic (exact) mass is 315 g/mol. The second-order valence-corrected chi connectivity index (χ2v) is 5.92. The van der Waals surface area contributed by atoms with Crippen molar-refractivity contribution in [2.24, 2.45) is 11.8 Å². The zero-order valence-electron chi connectivity index (χ0n) is 11.7. The maximum absolute atomic E-state index is 12.7. The molecule has 3 aliphatic heterocycles. The Morgan fingerprint density at radius 1 is 1.43 bits per heavy atom. The molecule has 3 heterocycles. The number of carbonyl (C=O) groups is 2. The highest BCUT2D eigenvalue weighted by molar-refractivity contribution is 6.02. The molecule has 0 radical (unpaired) electrons. The highest BCUT2D eigenvalue weighted by atomic mass is 16.6. The minimum absolute atomic E-state index is 0.133. The first-order valence-corrected chi connectivity index (χ1v) is 7.07. The van der Waals surface area contributed by atoms with Gasteiger partial charge < -0.3 is 19.5 Å². The van der Waals surface area contributed by atoms with Gasteiger partial charge in [0.25, 0.3) is 5.69 Å². The third-order valence-corrected chi connectivity index (χ3v) is 4.72. The topological polar surface area (TPSA) is 113 Å². The lowest BCUT2D eigenvalue weighted by molar-refractivity contribution is -0.384. The number of non-ortho nitro benzene ring substituents is 1. The summed E-state index contributed by atoms with van der Waals surface area (Å²) in [5.41, 5.74) is -0.774. The fourth-order valence-electron chi connectivity index (χ4n) is 3.76. The van der Waals surface area contributed by atoms with E-state index in [2.05, 4.69) is 0 Å². The molecule has 0 unspecified atom stereocenters. The summed E-state index contributed by atoms with van der Waals surface area (Å²) in [5.74, 6) is -3.62. The minimum Gasteiger partial charge on any atom is -0.550 e. The largest absolute Gasteiger partial charge is 0.550 e. The highest BCUT2D eigenvalue weighted by Crippen LogP contribution is 2.52. The van der Waals surface area contributed by atoms with Crippen LogP contribution in [0.15, 0.2) is 36.4 Å².